The van der Waals surface area contributed by atoms with E-state index >= 15 is 0 Å². The molecule has 4 nitrogen and oxygen atoms in total. The molecule has 0 atom stereocenters. The predicted molar refractivity (Wildman–Crippen MR) is 89.5 cm³/mol. The molecule has 2 fully saturated rings. The molecule has 2 saturated heterocycles. The van der Waals surface area contributed by atoms with E-state index in [0.29, 0.717) is 35.9 Å². The lowest BCUT2D eigenvalue weighted by atomic mass is 9.92. The minimum Gasteiger partial charge on any atom is -0.343 e. The van der Waals surface area contributed by atoms with Gasteiger partial charge in [0.15, 0.2) is 0 Å². The Bertz CT molecular complexity index is 626. The Morgan fingerprint density at radius 1 is 1.21 bits per heavy atom. The Kier molecular flexibility index (Phi) is 5.47. The van der Waals surface area contributed by atoms with Crippen molar-refractivity contribution in [2.45, 2.75) is 38.6 Å². The first kappa shape index (κ1) is 16.9. The molecule has 0 bridgehead atoms. The number of rotatable bonds is 4. The van der Waals surface area contributed by atoms with E-state index in [4.69, 9.17) is 5.26 Å². The van der Waals surface area contributed by atoms with Crippen LogP contribution in [-0.2, 0) is 11.3 Å². The molecule has 1 aromatic rings. The van der Waals surface area contributed by atoms with Crippen molar-refractivity contribution in [3.8, 4) is 6.07 Å². The largest absolute Gasteiger partial charge is 0.343 e. The van der Waals surface area contributed by atoms with Gasteiger partial charge in [0.25, 0.3) is 0 Å². The third-order valence-corrected chi connectivity index (χ3v) is 5.20. The maximum atomic E-state index is 13.9. The molecule has 5 heteroatoms. The number of carbonyl (C=O) groups is 1. The molecule has 0 N–H and O–H groups in total. The van der Waals surface area contributed by atoms with Crippen LogP contribution in [0.25, 0.3) is 0 Å². The molecule has 3 rings (SSSR count). The van der Waals surface area contributed by atoms with Gasteiger partial charge < -0.3 is 4.90 Å². The number of likely N-dealkylation sites (tertiary alicyclic amines) is 2. The molecule has 24 heavy (non-hydrogen) atoms. The van der Waals surface area contributed by atoms with E-state index in [1.54, 1.807) is 6.07 Å². The summed E-state index contributed by atoms with van der Waals surface area (Å²) in [7, 11) is 0. The Morgan fingerprint density at radius 3 is 2.58 bits per heavy atom. The second-order valence-electron chi connectivity index (χ2n) is 6.93. The van der Waals surface area contributed by atoms with Crippen molar-refractivity contribution in [3.05, 3.63) is 35.1 Å². The summed E-state index contributed by atoms with van der Waals surface area (Å²) in [5.74, 6) is 0.503. The van der Waals surface area contributed by atoms with Crippen molar-refractivity contribution in [2.24, 2.45) is 5.92 Å². The van der Waals surface area contributed by atoms with Crippen molar-refractivity contribution >= 4 is 5.91 Å². The molecule has 0 aliphatic carbocycles. The predicted octanol–water partition coefficient (Wildman–Crippen LogP) is 2.92. The summed E-state index contributed by atoms with van der Waals surface area (Å²) in [6.07, 6.45) is 4.90. The molecule has 2 aliphatic heterocycles. The molecule has 0 radical (unpaired) electrons. The van der Waals surface area contributed by atoms with Crippen molar-refractivity contribution in [1.29, 1.82) is 5.26 Å². The average molecular weight is 329 g/mol. The first-order chi connectivity index (χ1) is 11.7. The summed E-state index contributed by atoms with van der Waals surface area (Å²) < 4.78 is 13.9. The van der Waals surface area contributed by atoms with E-state index in [1.807, 2.05) is 4.90 Å². The third kappa shape index (κ3) is 4.12. The van der Waals surface area contributed by atoms with Crippen LogP contribution in [0.5, 0.6) is 0 Å². The number of carbonyl (C=O) groups excluding carboxylic acids is 1. The van der Waals surface area contributed by atoms with Gasteiger partial charge in [-0.15, -0.1) is 0 Å². The Labute approximate surface area is 142 Å². The van der Waals surface area contributed by atoms with Crippen LogP contribution < -0.4 is 0 Å². The van der Waals surface area contributed by atoms with Crippen molar-refractivity contribution < 1.29 is 9.18 Å². The van der Waals surface area contributed by atoms with Gasteiger partial charge in [-0.1, -0.05) is 0 Å². The molecule has 1 aromatic carbocycles. The van der Waals surface area contributed by atoms with Gasteiger partial charge in [0.1, 0.15) is 5.82 Å². The molecule has 1 amide bonds. The Hall–Kier alpha value is -1.93. The summed E-state index contributed by atoms with van der Waals surface area (Å²) in [6, 6.07) is 6.58. The summed E-state index contributed by atoms with van der Waals surface area (Å²) in [6.45, 7) is 4.15. The normalized spacial score (nSPS) is 19.4. The molecule has 0 spiro atoms. The second-order valence-corrected chi connectivity index (χ2v) is 6.93. The second kappa shape index (κ2) is 7.76. The lowest BCUT2D eigenvalue weighted by Crippen LogP contribution is -2.36. The van der Waals surface area contributed by atoms with E-state index < -0.39 is 0 Å². The van der Waals surface area contributed by atoms with Crippen molar-refractivity contribution in [3.63, 3.8) is 0 Å². The Balaban J connectivity index is 1.48. The monoisotopic (exact) mass is 329 g/mol. The number of amides is 1. The molecular weight excluding hydrogens is 305 g/mol. The number of nitriles is 1. The fourth-order valence-corrected chi connectivity index (χ4v) is 3.70. The van der Waals surface area contributed by atoms with Crippen molar-refractivity contribution in [2.75, 3.05) is 26.2 Å². The number of piperidine rings is 1. The summed E-state index contributed by atoms with van der Waals surface area (Å²) >= 11 is 0. The standard InChI is InChI=1S/C19H24FN3O/c20-18-4-3-16(13-21)11-17(18)14-22-9-5-15(6-10-22)12-19(24)23-7-1-2-8-23/h3-4,11,15H,1-2,5-10,12,14H2. The molecule has 0 saturated carbocycles. The lowest BCUT2D eigenvalue weighted by Gasteiger charge is -2.32. The summed E-state index contributed by atoms with van der Waals surface area (Å²) in [5, 5.41) is 8.95. The topological polar surface area (TPSA) is 47.3 Å². The highest BCUT2D eigenvalue weighted by Gasteiger charge is 2.25. The zero-order valence-corrected chi connectivity index (χ0v) is 14.0. The zero-order chi connectivity index (χ0) is 16.9. The first-order valence-electron chi connectivity index (χ1n) is 8.84. The van der Waals surface area contributed by atoms with Crippen molar-refractivity contribution in [1.82, 2.24) is 9.80 Å². The minimum absolute atomic E-state index is 0.250. The van der Waals surface area contributed by atoms with Gasteiger partial charge in [0, 0.05) is 31.6 Å². The van der Waals surface area contributed by atoms with Gasteiger partial charge in [-0.2, -0.15) is 5.26 Å². The number of halogens is 1. The maximum absolute atomic E-state index is 13.9. The maximum Gasteiger partial charge on any atom is 0.222 e. The van der Waals surface area contributed by atoms with Crippen LogP contribution in [0, 0.1) is 23.1 Å². The van der Waals surface area contributed by atoms with Crippen LogP contribution in [0.3, 0.4) is 0 Å². The van der Waals surface area contributed by atoms with Crippen LogP contribution in [-0.4, -0.2) is 41.9 Å². The van der Waals surface area contributed by atoms with E-state index in [-0.39, 0.29) is 5.82 Å². The van der Waals surface area contributed by atoms with Gasteiger partial charge in [0.2, 0.25) is 5.91 Å². The van der Waals surface area contributed by atoms with Gasteiger partial charge >= 0.3 is 0 Å². The highest BCUT2D eigenvalue weighted by Crippen LogP contribution is 2.24. The van der Waals surface area contributed by atoms with E-state index in [2.05, 4.69) is 11.0 Å². The number of hydrogen-bond donors (Lipinski definition) is 0. The zero-order valence-electron chi connectivity index (χ0n) is 14.0. The van der Waals surface area contributed by atoms with Crippen LogP contribution in [0.4, 0.5) is 4.39 Å². The average Bonchev–Trinajstić information content (AvgIpc) is 3.13. The third-order valence-electron chi connectivity index (χ3n) is 5.20. The molecule has 2 heterocycles. The van der Waals surface area contributed by atoms with Gasteiger partial charge in [0.05, 0.1) is 11.6 Å². The SMILES string of the molecule is N#Cc1ccc(F)c(CN2CCC(CC(=O)N3CCCC3)CC2)c1. The van der Waals surface area contributed by atoms with Gasteiger partial charge in [-0.25, -0.2) is 4.39 Å². The quantitative estimate of drug-likeness (QED) is 0.853. The molecule has 0 aromatic heterocycles. The van der Waals surface area contributed by atoms with Gasteiger partial charge in [-0.3, -0.25) is 9.69 Å². The number of benzene rings is 1. The summed E-state index contributed by atoms with van der Waals surface area (Å²) in [4.78, 5) is 16.4. The van der Waals surface area contributed by atoms with Gasteiger partial charge in [-0.05, 0) is 62.9 Å². The Morgan fingerprint density at radius 2 is 1.92 bits per heavy atom. The van der Waals surface area contributed by atoms with Crippen LogP contribution >= 0.6 is 0 Å². The smallest absolute Gasteiger partial charge is 0.222 e. The molecule has 0 unspecified atom stereocenters. The van der Waals surface area contributed by atoms with Crippen LogP contribution in [0.15, 0.2) is 18.2 Å². The highest BCUT2D eigenvalue weighted by molar-refractivity contribution is 5.76. The van der Waals surface area contributed by atoms with Crippen LogP contribution in [0.1, 0.15) is 43.2 Å². The summed E-state index contributed by atoms with van der Waals surface area (Å²) in [5.41, 5.74) is 1.08. The minimum atomic E-state index is -0.250. The lowest BCUT2D eigenvalue weighted by molar-refractivity contribution is -0.131. The number of nitrogens with zero attached hydrogens (tertiary/aromatic N) is 3. The van der Waals surface area contributed by atoms with Crippen LogP contribution in [0.2, 0.25) is 0 Å². The molecule has 128 valence electrons. The highest BCUT2D eigenvalue weighted by atomic mass is 19.1. The van der Waals surface area contributed by atoms with E-state index in [1.165, 1.54) is 12.1 Å². The van der Waals surface area contributed by atoms with E-state index in [9.17, 15) is 9.18 Å². The van der Waals surface area contributed by atoms with E-state index in [0.717, 1.165) is 51.9 Å². The first-order valence-corrected chi connectivity index (χ1v) is 8.84. The molecular formula is C19H24FN3O. The fraction of sp³-hybridized carbons (Fsp3) is 0.579. The number of hydrogen-bond acceptors (Lipinski definition) is 3. The fourth-order valence-electron chi connectivity index (χ4n) is 3.70. The molecule has 2 aliphatic rings.